The molecule has 10 heteroatoms. The van der Waals surface area contributed by atoms with E-state index in [1.54, 1.807) is 34.1 Å². The van der Waals surface area contributed by atoms with Gasteiger partial charge in [-0.2, -0.15) is 5.10 Å². The largest absolute Gasteiger partial charge is 0.493 e. The molecule has 180 valence electrons. The number of hydrogen-bond donors (Lipinski definition) is 0. The molecule has 0 saturated carbocycles. The second-order valence-electron chi connectivity index (χ2n) is 7.52. The summed E-state index contributed by atoms with van der Waals surface area (Å²) in [6, 6.07) is 7.28. The van der Waals surface area contributed by atoms with Crippen LogP contribution in [0.25, 0.3) is 33.4 Å². The summed E-state index contributed by atoms with van der Waals surface area (Å²) in [5.41, 5.74) is 3.75. The molecule has 1 saturated heterocycles. The summed E-state index contributed by atoms with van der Waals surface area (Å²) in [6.45, 7) is 7.93. The molecule has 4 aromatic rings. The van der Waals surface area contributed by atoms with E-state index in [2.05, 4.69) is 33.2 Å². The van der Waals surface area contributed by atoms with Crippen molar-refractivity contribution in [1.82, 2.24) is 29.6 Å². The fraction of sp³-hybridized carbons (Fsp3) is 0.240. The Balaban J connectivity index is 0.00000141. The Kier molecular flexibility index (Phi) is 7.32. The van der Waals surface area contributed by atoms with E-state index in [1.165, 1.54) is 13.4 Å². The molecule has 1 fully saturated rings. The van der Waals surface area contributed by atoms with Crippen molar-refractivity contribution in [3.05, 3.63) is 62.3 Å². The van der Waals surface area contributed by atoms with Gasteiger partial charge in [-0.1, -0.05) is 0 Å². The Hall–Kier alpha value is -4.31. The van der Waals surface area contributed by atoms with Crippen molar-refractivity contribution >= 4 is 17.0 Å². The lowest BCUT2D eigenvalue weighted by Gasteiger charge is -2.26. The minimum atomic E-state index is -0.452. The molecule has 0 atom stereocenters. The highest BCUT2D eigenvalue weighted by Gasteiger charge is 2.23. The standard InChI is InChI=1S/C23H22N6O4.C2H4/c1-28-13-17(21(27-28)15-4-3-5-24-12-15)22-16-10-20(19(31-2)11-18(16)25-14-26-22)33-23(30)29-6-8-32-9-7-29;1-2/h3-5,10-14H,6-9H2,1-2H3;1-2H2. The van der Waals surface area contributed by atoms with Gasteiger partial charge in [-0.3, -0.25) is 9.67 Å². The first-order valence-corrected chi connectivity index (χ1v) is 11.0. The smallest absolute Gasteiger partial charge is 0.415 e. The number of rotatable bonds is 4. The van der Waals surface area contributed by atoms with Crippen molar-refractivity contribution in [2.75, 3.05) is 33.4 Å². The Bertz CT molecular complexity index is 1320. The zero-order valence-corrected chi connectivity index (χ0v) is 19.7. The molecule has 10 nitrogen and oxygen atoms in total. The number of amides is 1. The van der Waals surface area contributed by atoms with Gasteiger partial charge in [0.1, 0.15) is 12.0 Å². The van der Waals surface area contributed by atoms with Gasteiger partial charge in [0.15, 0.2) is 11.5 Å². The maximum atomic E-state index is 12.7. The van der Waals surface area contributed by atoms with Crippen LogP contribution in [-0.2, 0) is 11.8 Å². The number of nitrogens with zero attached hydrogens (tertiary/aromatic N) is 6. The fourth-order valence-corrected chi connectivity index (χ4v) is 3.80. The van der Waals surface area contributed by atoms with Crippen molar-refractivity contribution in [1.29, 1.82) is 0 Å². The van der Waals surface area contributed by atoms with Crippen LogP contribution >= 0.6 is 0 Å². The lowest BCUT2D eigenvalue weighted by Crippen LogP contribution is -2.42. The Labute approximate surface area is 202 Å². The summed E-state index contributed by atoms with van der Waals surface area (Å²) in [7, 11) is 3.38. The first kappa shape index (κ1) is 23.8. The van der Waals surface area contributed by atoms with E-state index in [9.17, 15) is 4.79 Å². The molecule has 0 bridgehead atoms. The molecule has 0 radical (unpaired) electrons. The molecule has 0 aliphatic carbocycles. The average Bonchev–Trinajstić information content (AvgIpc) is 3.31. The summed E-state index contributed by atoms with van der Waals surface area (Å²) in [4.78, 5) is 27.5. The number of hydrogen-bond acceptors (Lipinski definition) is 8. The summed E-state index contributed by atoms with van der Waals surface area (Å²) in [5.74, 6) is 0.705. The van der Waals surface area contributed by atoms with Crippen LogP contribution in [0.1, 0.15) is 0 Å². The summed E-state index contributed by atoms with van der Waals surface area (Å²) < 4.78 is 18.2. The third kappa shape index (κ3) is 4.97. The maximum absolute atomic E-state index is 12.7. The molecule has 0 unspecified atom stereocenters. The molecule has 5 rings (SSSR count). The second-order valence-corrected chi connectivity index (χ2v) is 7.52. The molecule has 1 amide bonds. The SMILES string of the molecule is C=C.COc1cc2ncnc(-c3cn(C)nc3-c3cccnc3)c2cc1OC(=O)N1CCOCC1. The van der Waals surface area contributed by atoms with Gasteiger partial charge in [0, 0.05) is 61.3 Å². The van der Waals surface area contributed by atoms with Crippen LogP contribution in [0.4, 0.5) is 4.79 Å². The number of carbonyl (C=O) groups excluding carboxylic acids is 1. The third-order valence-corrected chi connectivity index (χ3v) is 5.41. The molecule has 1 aliphatic rings. The number of aryl methyl sites for hydroxylation is 1. The summed E-state index contributed by atoms with van der Waals surface area (Å²) >= 11 is 0. The molecule has 3 aromatic heterocycles. The number of morpholine rings is 1. The predicted octanol–water partition coefficient (Wildman–Crippen LogP) is 3.73. The van der Waals surface area contributed by atoms with Gasteiger partial charge >= 0.3 is 6.09 Å². The molecule has 1 aliphatic heterocycles. The number of pyridine rings is 1. The first-order valence-electron chi connectivity index (χ1n) is 11.0. The third-order valence-electron chi connectivity index (χ3n) is 5.41. The highest BCUT2D eigenvalue weighted by Crippen LogP contribution is 2.38. The van der Waals surface area contributed by atoms with Crippen LogP contribution < -0.4 is 9.47 Å². The van der Waals surface area contributed by atoms with Crippen LogP contribution in [0.2, 0.25) is 0 Å². The summed E-state index contributed by atoms with van der Waals surface area (Å²) in [6.07, 6.45) is 6.41. The van der Waals surface area contributed by atoms with Crippen LogP contribution in [-0.4, -0.2) is 69.1 Å². The number of benzene rings is 1. The lowest BCUT2D eigenvalue weighted by molar-refractivity contribution is 0.0413. The van der Waals surface area contributed by atoms with Crippen molar-refractivity contribution in [2.45, 2.75) is 0 Å². The molecule has 1 aromatic carbocycles. The van der Waals surface area contributed by atoms with Crippen LogP contribution in [0.15, 0.2) is 62.3 Å². The van der Waals surface area contributed by atoms with Crippen molar-refractivity contribution in [3.8, 4) is 34.0 Å². The van der Waals surface area contributed by atoms with E-state index in [4.69, 9.17) is 14.2 Å². The van der Waals surface area contributed by atoms with E-state index in [1.807, 2.05) is 25.4 Å². The zero-order valence-electron chi connectivity index (χ0n) is 19.7. The van der Waals surface area contributed by atoms with Crippen molar-refractivity contribution < 1.29 is 19.0 Å². The van der Waals surface area contributed by atoms with Gasteiger partial charge in [-0.15, -0.1) is 13.2 Å². The van der Waals surface area contributed by atoms with E-state index < -0.39 is 6.09 Å². The molecule has 0 N–H and O–H groups in total. The number of fused-ring (bicyclic) bond motifs is 1. The number of carbonyl (C=O) groups is 1. The number of ether oxygens (including phenoxy) is 3. The van der Waals surface area contributed by atoms with E-state index in [0.717, 1.165) is 16.8 Å². The van der Waals surface area contributed by atoms with Crippen LogP contribution in [0.3, 0.4) is 0 Å². The molecular weight excluding hydrogens is 448 g/mol. The van der Waals surface area contributed by atoms with Gasteiger partial charge in [-0.25, -0.2) is 14.8 Å². The quantitative estimate of drug-likeness (QED) is 0.412. The summed E-state index contributed by atoms with van der Waals surface area (Å²) in [5, 5.41) is 5.33. The highest BCUT2D eigenvalue weighted by molar-refractivity contribution is 5.97. The first-order chi connectivity index (χ1) is 17.1. The monoisotopic (exact) mass is 474 g/mol. The molecule has 0 spiro atoms. The van der Waals surface area contributed by atoms with E-state index >= 15 is 0 Å². The van der Waals surface area contributed by atoms with Gasteiger partial charge < -0.3 is 19.1 Å². The second kappa shape index (κ2) is 10.7. The fourth-order valence-electron chi connectivity index (χ4n) is 3.80. The number of methoxy groups -OCH3 is 1. The zero-order chi connectivity index (χ0) is 24.8. The molecular formula is C25H26N6O4. The van der Waals surface area contributed by atoms with Crippen LogP contribution in [0, 0.1) is 0 Å². The topological polar surface area (TPSA) is 104 Å². The number of aromatic nitrogens is 5. The molecule has 35 heavy (non-hydrogen) atoms. The van der Waals surface area contributed by atoms with Crippen molar-refractivity contribution in [3.63, 3.8) is 0 Å². The molecule has 4 heterocycles. The minimum Gasteiger partial charge on any atom is -0.493 e. The van der Waals surface area contributed by atoms with Gasteiger partial charge in [0.2, 0.25) is 0 Å². The Morgan fingerprint density at radius 3 is 2.63 bits per heavy atom. The van der Waals surface area contributed by atoms with Gasteiger partial charge in [0.25, 0.3) is 0 Å². The van der Waals surface area contributed by atoms with E-state index in [-0.39, 0.29) is 0 Å². The van der Waals surface area contributed by atoms with Crippen molar-refractivity contribution in [2.24, 2.45) is 7.05 Å². The Morgan fingerprint density at radius 2 is 1.91 bits per heavy atom. The van der Waals surface area contributed by atoms with Crippen LogP contribution in [0.5, 0.6) is 11.5 Å². The van der Waals surface area contributed by atoms with E-state index in [0.29, 0.717) is 54.4 Å². The normalized spacial score (nSPS) is 13.1. The highest BCUT2D eigenvalue weighted by atomic mass is 16.6. The minimum absolute atomic E-state index is 0.296. The lowest BCUT2D eigenvalue weighted by atomic mass is 10.0. The predicted molar refractivity (Wildman–Crippen MR) is 131 cm³/mol. The van der Waals surface area contributed by atoms with Gasteiger partial charge in [-0.05, 0) is 18.2 Å². The average molecular weight is 475 g/mol. The Morgan fingerprint density at radius 1 is 1.11 bits per heavy atom. The van der Waals surface area contributed by atoms with Gasteiger partial charge in [0.05, 0.1) is 31.5 Å². The maximum Gasteiger partial charge on any atom is 0.415 e.